The van der Waals surface area contributed by atoms with Gasteiger partial charge in [0.1, 0.15) is 0 Å². The molecule has 1 aromatic heterocycles. The SMILES string of the molecule is CC1CCC(OC2CCN(CC(=O)NCc3ccccn3)CC2)CC1. The number of hydrogen-bond donors (Lipinski definition) is 1. The normalized spacial score (nSPS) is 25.6. The van der Waals surface area contributed by atoms with Gasteiger partial charge < -0.3 is 10.1 Å². The lowest BCUT2D eigenvalue weighted by atomic mass is 9.88. The monoisotopic (exact) mass is 345 g/mol. The highest BCUT2D eigenvalue weighted by molar-refractivity contribution is 5.77. The molecule has 0 bridgehead atoms. The Morgan fingerprint density at radius 3 is 2.56 bits per heavy atom. The molecule has 1 saturated heterocycles. The molecule has 3 rings (SSSR count). The van der Waals surface area contributed by atoms with Gasteiger partial charge in [-0.25, -0.2) is 0 Å². The number of hydrogen-bond acceptors (Lipinski definition) is 4. The van der Waals surface area contributed by atoms with Crippen LogP contribution in [-0.4, -0.2) is 47.6 Å². The summed E-state index contributed by atoms with van der Waals surface area (Å²) >= 11 is 0. The van der Waals surface area contributed by atoms with Crippen LogP contribution in [-0.2, 0) is 16.1 Å². The van der Waals surface area contributed by atoms with Crippen LogP contribution in [0.25, 0.3) is 0 Å². The summed E-state index contributed by atoms with van der Waals surface area (Å²) < 4.78 is 6.30. The third-order valence-corrected chi connectivity index (χ3v) is 5.44. The van der Waals surface area contributed by atoms with Crippen LogP contribution < -0.4 is 5.32 Å². The zero-order valence-electron chi connectivity index (χ0n) is 15.3. The van der Waals surface area contributed by atoms with Crippen molar-refractivity contribution in [1.82, 2.24) is 15.2 Å². The van der Waals surface area contributed by atoms with E-state index in [4.69, 9.17) is 4.74 Å². The molecule has 2 heterocycles. The van der Waals surface area contributed by atoms with Crippen molar-refractivity contribution in [3.63, 3.8) is 0 Å². The Balaban J connectivity index is 1.31. The molecule has 0 radical (unpaired) electrons. The van der Waals surface area contributed by atoms with Crippen molar-refractivity contribution in [3.8, 4) is 0 Å². The van der Waals surface area contributed by atoms with Gasteiger partial charge >= 0.3 is 0 Å². The van der Waals surface area contributed by atoms with E-state index in [1.54, 1.807) is 6.20 Å². The van der Waals surface area contributed by atoms with Crippen LogP contribution in [0.15, 0.2) is 24.4 Å². The van der Waals surface area contributed by atoms with Gasteiger partial charge in [0.15, 0.2) is 0 Å². The van der Waals surface area contributed by atoms with Crippen molar-refractivity contribution in [2.75, 3.05) is 19.6 Å². The summed E-state index contributed by atoms with van der Waals surface area (Å²) in [6, 6.07) is 5.74. The van der Waals surface area contributed by atoms with Crippen LogP contribution in [0.1, 0.15) is 51.1 Å². The minimum absolute atomic E-state index is 0.0753. The molecule has 2 aliphatic rings. The second kappa shape index (κ2) is 9.30. The topological polar surface area (TPSA) is 54.5 Å². The van der Waals surface area contributed by atoms with Gasteiger partial charge in [0.2, 0.25) is 5.91 Å². The number of nitrogens with one attached hydrogen (secondary N) is 1. The van der Waals surface area contributed by atoms with Crippen molar-refractivity contribution >= 4 is 5.91 Å². The average Bonchev–Trinajstić information content (AvgIpc) is 2.64. The number of ether oxygens (including phenoxy) is 1. The van der Waals surface area contributed by atoms with Gasteiger partial charge in [0.05, 0.1) is 31.0 Å². The van der Waals surface area contributed by atoms with Crippen LogP contribution in [0, 0.1) is 5.92 Å². The summed E-state index contributed by atoms with van der Waals surface area (Å²) in [7, 11) is 0. The van der Waals surface area contributed by atoms with Crippen molar-refractivity contribution in [2.24, 2.45) is 5.92 Å². The van der Waals surface area contributed by atoms with Crippen LogP contribution in [0.5, 0.6) is 0 Å². The van der Waals surface area contributed by atoms with Gasteiger partial charge in [-0.3, -0.25) is 14.7 Å². The van der Waals surface area contributed by atoms with Crippen molar-refractivity contribution in [3.05, 3.63) is 30.1 Å². The first-order valence-corrected chi connectivity index (χ1v) is 9.73. The van der Waals surface area contributed by atoms with Gasteiger partial charge in [-0.05, 0) is 56.6 Å². The van der Waals surface area contributed by atoms with Crippen molar-refractivity contribution < 1.29 is 9.53 Å². The average molecular weight is 345 g/mol. The first-order chi connectivity index (χ1) is 12.2. The number of amides is 1. The number of aromatic nitrogens is 1. The molecule has 1 aromatic rings. The highest BCUT2D eigenvalue weighted by Gasteiger charge is 2.26. The second-order valence-electron chi connectivity index (χ2n) is 7.59. The van der Waals surface area contributed by atoms with Crippen LogP contribution >= 0.6 is 0 Å². The lowest BCUT2D eigenvalue weighted by molar-refractivity contribution is -0.123. The summed E-state index contributed by atoms with van der Waals surface area (Å²) in [5, 5.41) is 2.95. The van der Waals surface area contributed by atoms with E-state index in [1.165, 1.54) is 25.7 Å². The molecule has 1 amide bonds. The third-order valence-electron chi connectivity index (χ3n) is 5.44. The molecule has 0 spiro atoms. The highest BCUT2D eigenvalue weighted by atomic mass is 16.5. The zero-order valence-corrected chi connectivity index (χ0v) is 15.3. The number of nitrogens with zero attached hydrogens (tertiary/aromatic N) is 2. The Labute approximate surface area is 151 Å². The maximum Gasteiger partial charge on any atom is 0.234 e. The minimum Gasteiger partial charge on any atom is -0.375 e. The Hall–Kier alpha value is -1.46. The van der Waals surface area contributed by atoms with Gasteiger partial charge in [-0.1, -0.05) is 13.0 Å². The molecular weight excluding hydrogens is 314 g/mol. The first-order valence-electron chi connectivity index (χ1n) is 9.73. The summed E-state index contributed by atoms with van der Waals surface area (Å²) in [4.78, 5) is 18.6. The molecule has 0 atom stereocenters. The first kappa shape index (κ1) is 18.3. The van der Waals surface area contributed by atoms with E-state index in [1.807, 2.05) is 18.2 Å². The van der Waals surface area contributed by atoms with Crippen LogP contribution in [0.4, 0.5) is 0 Å². The van der Waals surface area contributed by atoms with E-state index in [-0.39, 0.29) is 5.91 Å². The number of carbonyl (C=O) groups is 1. The molecule has 5 heteroatoms. The Morgan fingerprint density at radius 1 is 1.16 bits per heavy atom. The largest absolute Gasteiger partial charge is 0.375 e. The van der Waals surface area contributed by atoms with Gasteiger partial charge in [-0.15, -0.1) is 0 Å². The Bertz CT molecular complexity index is 521. The van der Waals surface area contributed by atoms with E-state index in [9.17, 15) is 4.79 Å². The minimum atomic E-state index is 0.0753. The van der Waals surface area contributed by atoms with Gasteiger partial charge in [0, 0.05) is 19.3 Å². The molecule has 1 aliphatic heterocycles. The fourth-order valence-corrected chi connectivity index (χ4v) is 3.79. The summed E-state index contributed by atoms with van der Waals surface area (Å²) in [5.41, 5.74) is 0.893. The summed E-state index contributed by atoms with van der Waals surface area (Å²) in [6.45, 7) is 5.21. The smallest absolute Gasteiger partial charge is 0.234 e. The van der Waals surface area contributed by atoms with E-state index in [2.05, 4.69) is 22.1 Å². The molecule has 0 aromatic carbocycles. The summed E-state index contributed by atoms with van der Waals surface area (Å²) in [6.07, 6.45) is 9.73. The predicted molar refractivity (Wildman–Crippen MR) is 98.1 cm³/mol. The number of piperidine rings is 1. The Kier molecular flexibility index (Phi) is 6.82. The van der Waals surface area contributed by atoms with E-state index in [0.717, 1.165) is 37.5 Å². The van der Waals surface area contributed by atoms with Crippen molar-refractivity contribution in [2.45, 2.75) is 64.2 Å². The van der Waals surface area contributed by atoms with Crippen molar-refractivity contribution in [1.29, 1.82) is 0 Å². The third kappa shape index (κ3) is 6.08. The van der Waals surface area contributed by atoms with E-state index >= 15 is 0 Å². The van der Waals surface area contributed by atoms with Crippen LogP contribution in [0.2, 0.25) is 0 Å². The standard InChI is InChI=1S/C20H31N3O2/c1-16-5-7-18(8-6-16)25-19-9-12-23(13-10-19)15-20(24)22-14-17-4-2-3-11-21-17/h2-4,11,16,18-19H,5-10,12-15H2,1H3,(H,22,24). The zero-order chi connectivity index (χ0) is 17.5. The van der Waals surface area contributed by atoms with Crippen LogP contribution in [0.3, 0.4) is 0 Å². The predicted octanol–water partition coefficient (Wildman–Crippen LogP) is 2.76. The molecule has 1 saturated carbocycles. The number of likely N-dealkylation sites (tertiary alicyclic amines) is 1. The molecule has 5 nitrogen and oxygen atoms in total. The highest BCUT2D eigenvalue weighted by Crippen LogP contribution is 2.28. The molecule has 138 valence electrons. The van der Waals surface area contributed by atoms with Gasteiger partial charge in [-0.2, -0.15) is 0 Å². The Morgan fingerprint density at radius 2 is 1.88 bits per heavy atom. The molecule has 2 fully saturated rings. The number of pyridine rings is 1. The summed E-state index contributed by atoms with van der Waals surface area (Å²) in [5.74, 6) is 0.942. The molecule has 0 unspecified atom stereocenters. The number of carbonyl (C=O) groups excluding carboxylic acids is 1. The number of rotatable bonds is 6. The molecule has 25 heavy (non-hydrogen) atoms. The van der Waals surface area contributed by atoms with Gasteiger partial charge in [0.25, 0.3) is 0 Å². The fraction of sp³-hybridized carbons (Fsp3) is 0.700. The molecule has 1 aliphatic carbocycles. The lowest BCUT2D eigenvalue weighted by Gasteiger charge is -2.35. The molecule has 1 N–H and O–H groups in total. The lowest BCUT2D eigenvalue weighted by Crippen LogP contribution is -2.43. The fourth-order valence-electron chi connectivity index (χ4n) is 3.79. The maximum atomic E-state index is 12.1. The van der Waals surface area contributed by atoms with E-state index in [0.29, 0.717) is 25.3 Å². The quantitative estimate of drug-likeness (QED) is 0.861. The molecular formula is C20H31N3O2. The maximum absolute atomic E-state index is 12.1. The van der Waals surface area contributed by atoms with E-state index < -0.39 is 0 Å². The second-order valence-corrected chi connectivity index (χ2v) is 7.59.